The number of carbonyl (C=O) groups excluding carboxylic acids is 3. The van der Waals surface area contributed by atoms with Crippen LogP contribution in [0.2, 0.25) is 0 Å². The van der Waals surface area contributed by atoms with Crippen LogP contribution in [0.3, 0.4) is 0 Å². The van der Waals surface area contributed by atoms with E-state index in [9.17, 15) is 14.4 Å². The van der Waals surface area contributed by atoms with Gasteiger partial charge >= 0.3 is 12.0 Å². The highest BCUT2D eigenvalue weighted by Gasteiger charge is 2.23. The first-order chi connectivity index (χ1) is 12.5. The molecule has 0 saturated heterocycles. The average Bonchev–Trinajstić information content (AvgIpc) is 3.09. The van der Waals surface area contributed by atoms with Crippen LogP contribution in [-0.2, 0) is 9.53 Å². The van der Waals surface area contributed by atoms with Gasteiger partial charge in [0.1, 0.15) is 0 Å². The minimum atomic E-state index is -0.718. The number of thiazole rings is 1. The molecule has 0 spiro atoms. The zero-order valence-electron chi connectivity index (χ0n) is 14.7. The van der Waals surface area contributed by atoms with E-state index in [1.165, 1.54) is 16.7 Å². The first kappa shape index (κ1) is 19.9. The molecule has 2 rings (SSSR count). The molecule has 1 aliphatic carbocycles. The molecule has 9 heteroatoms. The Balaban J connectivity index is 1.71. The third-order valence-electron chi connectivity index (χ3n) is 4.13. The van der Waals surface area contributed by atoms with Crippen LogP contribution in [0.4, 0.5) is 9.93 Å². The second-order valence-corrected chi connectivity index (χ2v) is 7.03. The van der Waals surface area contributed by atoms with Crippen LogP contribution in [-0.4, -0.2) is 42.1 Å². The van der Waals surface area contributed by atoms with Crippen molar-refractivity contribution in [3.63, 3.8) is 0 Å². The quantitative estimate of drug-likeness (QED) is 0.495. The van der Waals surface area contributed by atoms with Gasteiger partial charge in [-0.2, -0.15) is 0 Å². The summed E-state index contributed by atoms with van der Waals surface area (Å²) < 4.78 is 4.88. The number of ether oxygens (including phenoxy) is 1. The van der Waals surface area contributed by atoms with Crippen molar-refractivity contribution in [1.82, 2.24) is 15.6 Å². The summed E-state index contributed by atoms with van der Waals surface area (Å²) >= 11 is 1.25. The number of anilines is 1. The van der Waals surface area contributed by atoms with Crippen LogP contribution in [0.5, 0.6) is 0 Å². The number of imide groups is 1. The molecule has 2 unspecified atom stereocenters. The van der Waals surface area contributed by atoms with Gasteiger partial charge in [-0.3, -0.25) is 10.1 Å². The molecule has 0 radical (unpaired) electrons. The van der Waals surface area contributed by atoms with Gasteiger partial charge < -0.3 is 15.4 Å². The van der Waals surface area contributed by atoms with E-state index in [0.29, 0.717) is 17.6 Å². The number of hydrogen-bond acceptors (Lipinski definition) is 7. The van der Waals surface area contributed by atoms with E-state index in [2.05, 4.69) is 34.4 Å². The van der Waals surface area contributed by atoms with E-state index in [0.717, 1.165) is 25.7 Å². The van der Waals surface area contributed by atoms with Crippen LogP contribution in [0.1, 0.15) is 43.1 Å². The van der Waals surface area contributed by atoms with Crippen LogP contribution in [0.25, 0.3) is 0 Å². The predicted molar refractivity (Wildman–Crippen MR) is 99.2 cm³/mol. The molecule has 0 aromatic carbocycles. The van der Waals surface area contributed by atoms with Crippen molar-refractivity contribution in [3.8, 4) is 0 Å². The fourth-order valence-electron chi connectivity index (χ4n) is 2.71. The smallest absolute Gasteiger partial charge is 0.358 e. The minimum Gasteiger partial charge on any atom is -0.451 e. The Morgan fingerprint density at radius 2 is 2.15 bits per heavy atom. The molecular weight excluding hydrogens is 356 g/mol. The van der Waals surface area contributed by atoms with Crippen LogP contribution >= 0.6 is 11.3 Å². The molecule has 3 N–H and O–H groups in total. The van der Waals surface area contributed by atoms with Crippen LogP contribution in [0.15, 0.2) is 18.0 Å². The van der Waals surface area contributed by atoms with E-state index in [1.807, 2.05) is 0 Å². The van der Waals surface area contributed by atoms with Gasteiger partial charge in [-0.05, 0) is 18.8 Å². The predicted octanol–water partition coefficient (Wildman–Crippen LogP) is 2.30. The Morgan fingerprint density at radius 3 is 2.88 bits per heavy atom. The molecule has 1 aromatic heterocycles. The van der Waals surface area contributed by atoms with E-state index in [1.54, 1.807) is 6.08 Å². The van der Waals surface area contributed by atoms with E-state index < -0.39 is 24.5 Å². The zero-order valence-corrected chi connectivity index (χ0v) is 15.6. The van der Waals surface area contributed by atoms with Crippen molar-refractivity contribution >= 4 is 34.4 Å². The molecule has 1 heterocycles. The molecule has 1 fully saturated rings. The van der Waals surface area contributed by atoms with Gasteiger partial charge in [0.25, 0.3) is 5.91 Å². The SMILES string of the molecule is C=CCNc1nc(C(=O)OCC(=O)NC(=O)NC2CCCCC2C)cs1. The Morgan fingerprint density at radius 1 is 1.38 bits per heavy atom. The van der Waals surface area contributed by atoms with Crippen molar-refractivity contribution < 1.29 is 19.1 Å². The minimum absolute atomic E-state index is 0.0654. The van der Waals surface area contributed by atoms with Crippen molar-refractivity contribution in [3.05, 3.63) is 23.7 Å². The molecule has 1 saturated carbocycles. The summed E-state index contributed by atoms with van der Waals surface area (Å²) in [6, 6.07) is -0.495. The zero-order chi connectivity index (χ0) is 18.9. The maximum Gasteiger partial charge on any atom is 0.358 e. The molecular formula is C17H24N4O4S. The Bertz CT molecular complexity index is 661. The molecule has 0 bridgehead atoms. The second-order valence-electron chi connectivity index (χ2n) is 6.17. The molecule has 3 amide bonds. The number of carbonyl (C=O) groups is 3. The van der Waals surface area contributed by atoms with Gasteiger partial charge in [0.05, 0.1) is 0 Å². The summed E-state index contributed by atoms with van der Waals surface area (Å²) in [4.78, 5) is 39.6. The Kier molecular flexibility index (Phi) is 7.58. The van der Waals surface area contributed by atoms with Gasteiger partial charge in [0.2, 0.25) is 0 Å². The average molecular weight is 380 g/mol. The number of esters is 1. The Hall–Kier alpha value is -2.42. The van der Waals surface area contributed by atoms with Gasteiger partial charge in [-0.15, -0.1) is 17.9 Å². The summed E-state index contributed by atoms with van der Waals surface area (Å²) in [6.45, 7) is 5.64. The molecule has 1 aliphatic rings. The molecule has 1 aromatic rings. The summed E-state index contributed by atoms with van der Waals surface area (Å²) in [5, 5.41) is 10.0. The van der Waals surface area contributed by atoms with Crippen molar-refractivity contribution in [1.29, 1.82) is 0 Å². The van der Waals surface area contributed by atoms with Gasteiger partial charge in [-0.25, -0.2) is 14.6 Å². The fraction of sp³-hybridized carbons (Fsp3) is 0.529. The van der Waals surface area contributed by atoms with Gasteiger partial charge in [0, 0.05) is 18.0 Å². The largest absolute Gasteiger partial charge is 0.451 e. The first-order valence-electron chi connectivity index (χ1n) is 8.57. The summed E-state index contributed by atoms with van der Waals surface area (Å²) in [5.74, 6) is -1.01. The maximum atomic E-state index is 11.9. The van der Waals surface area contributed by atoms with Crippen molar-refractivity contribution in [2.24, 2.45) is 5.92 Å². The number of urea groups is 1. The highest BCUT2D eigenvalue weighted by Crippen LogP contribution is 2.23. The topological polar surface area (TPSA) is 109 Å². The number of nitrogens with zero attached hydrogens (tertiary/aromatic N) is 1. The van der Waals surface area contributed by atoms with Crippen LogP contribution in [0, 0.1) is 5.92 Å². The third kappa shape index (κ3) is 6.14. The number of amides is 3. The second kappa shape index (κ2) is 9.91. The van der Waals surface area contributed by atoms with E-state index >= 15 is 0 Å². The number of hydrogen-bond donors (Lipinski definition) is 3. The molecule has 26 heavy (non-hydrogen) atoms. The molecule has 142 valence electrons. The monoisotopic (exact) mass is 380 g/mol. The van der Waals surface area contributed by atoms with Crippen molar-refractivity contribution in [2.75, 3.05) is 18.5 Å². The number of rotatable bonds is 7. The maximum absolute atomic E-state index is 11.9. The molecule has 2 atom stereocenters. The Labute approximate surface area is 156 Å². The fourth-order valence-corrected chi connectivity index (χ4v) is 3.40. The lowest BCUT2D eigenvalue weighted by molar-refractivity contribution is -0.123. The lowest BCUT2D eigenvalue weighted by Gasteiger charge is -2.29. The standard InChI is InChI=1S/C17H24N4O4S/c1-3-8-18-17-20-13(10-26-17)15(23)25-9-14(22)21-16(24)19-12-7-5-4-6-11(12)2/h3,10-12H,1,4-9H2,2H3,(H,18,20)(H2,19,21,22,24). The number of aromatic nitrogens is 1. The summed E-state index contributed by atoms with van der Waals surface area (Å²) in [7, 11) is 0. The molecule has 0 aliphatic heterocycles. The lowest BCUT2D eigenvalue weighted by atomic mass is 9.86. The van der Waals surface area contributed by atoms with Gasteiger partial charge in [0.15, 0.2) is 17.4 Å². The van der Waals surface area contributed by atoms with Crippen LogP contribution < -0.4 is 16.0 Å². The van der Waals surface area contributed by atoms with Crippen molar-refractivity contribution in [2.45, 2.75) is 38.6 Å². The van der Waals surface area contributed by atoms with Gasteiger partial charge in [-0.1, -0.05) is 25.8 Å². The summed E-state index contributed by atoms with van der Waals surface area (Å²) in [5.41, 5.74) is 0.106. The van der Waals surface area contributed by atoms with E-state index in [-0.39, 0.29) is 11.7 Å². The highest BCUT2D eigenvalue weighted by atomic mass is 32.1. The lowest BCUT2D eigenvalue weighted by Crippen LogP contribution is -2.48. The highest BCUT2D eigenvalue weighted by molar-refractivity contribution is 7.13. The first-order valence-corrected chi connectivity index (χ1v) is 9.45. The third-order valence-corrected chi connectivity index (χ3v) is 4.93. The normalized spacial score (nSPS) is 19.3. The molecule has 8 nitrogen and oxygen atoms in total. The summed E-state index contributed by atoms with van der Waals surface area (Å²) in [6.07, 6.45) is 5.87. The number of nitrogens with one attached hydrogen (secondary N) is 3. The van der Waals surface area contributed by atoms with E-state index in [4.69, 9.17) is 4.74 Å².